The molecule has 8 nitrogen and oxygen atoms in total. The molecule has 10 heteroatoms. The molecule has 0 amide bonds. The maximum atomic E-state index is 14.1. The molecule has 0 unspecified atom stereocenters. The second kappa shape index (κ2) is 14.1. The van der Waals surface area contributed by atoms with Gasteiger partial charge in [0.2, 0.25) is 0 Å². The number of carboxylic acids is 1. The van der Waals surface area contributed by atoms with Gasteiger partial charge in [-0.05, 0) is 72.3 Å². The van der Waals surface area contributed by atoms with Crippen LogP contribution in [-0.2, 0) is 16.1 Å². The fraction of sp³-hybridized carbons (Fsp3) is 0.135. The number of thioether (sulfide) groups is 1. The lowest BCUT2D eigenvalue weighted by molar-refractivity contribution is -0.138. The third kappa shape index (κ3) is 6.84. The Labute approximate surface area is 279 Å². The van der Waals surface area contributed by atoms with Crippen LogP contribution in [0.3, 0.4) is 0 Å². The van der Waals surface area contributed by atoms with E-state index in [4.69, 9.17) is 14.5 Å². The Balaban J connectivity index is 1.40. The first-order valence-corrected chi connectivity index (χ1v) is 16.9. The monoisotopic (exact) mass is 662 g/mol. The van der Waals surface area contributed by atoms with E-state index >= 15 is 0 Å². The number of hydrogen-bond donors (Lipinski definition) is 1. The van der Waals surface area contributed by atoms with Crippen LogP contribution in [0.25, 0.3) is 11.8 Å². The van der Waals surface area contributed by atoms with E-state index in [1.807, 2.05) is 79.1 Å². The number of esters is 1. The van der Waals surface area contributed by atoms with E-state index in [1.54, 1.807) is 53.6 Å². The Hall–Kier alpha value is -5.19. The number of carbonyl (C=O) groups excluding carboxylic acids is 1. The summed E-state index contributed by atoms with van der Waals surface area (Å²) in [5, 5.41) is 9.24. The topological polar surface area (TPSA) is 107 Å². The minimum absolute atomic E-state index is 0.182. The van der Waals surface area contributed by atoms with E-state index in [0.717, 1.165) is 27.1 Å². The molecule has 1 atom stereocenters. The number of benzene rings is 4. The van der Waals surface area contributed by atoms with Crippen molar-refractivity contribution >= 4 is 46.8 Å². The van der Waals surface area contributed by atoms with Crippen molar-refractivity contribution < 1.29 is 24.2 Å². The first kappa shape index (κ1) is 31.8. The maximum absolute atomic E-state index is 14.1. The number of fused-ring (bicyclic) bond motifs is 1. The highest BCUT2D eigenvalue weighted by atomic mass is 32.2. The molecule has 0 fully saturated rings. The van der Waals surface area contributed by atoms with E-state index in [-0.39, 0.29) is 24.3 Å². The Kier molecular flexibility index (Phi) is 9.51. The van der Waals surface area contributed by atoms with Crippen LogP contribution in [0.1, 0.15) is 45.6 Å². The first-order valence-electron chi connectivity index (χ1n) is 14.8. The van der Waals surface area contributed by atoms with Crippen molar-refractivity contribution in [1.82, 2.24) is 4.57 Å². The van der Waals surface area contributed by atoms with E-state index in [0.29, 0.717) is 26.4 Å². The Morgan fingerprint density at radius 3 is 2.40 bits per heavy atom. The SMILES string of the molecule is CCOC(=O)C1=C(c2ccccc2)N=c2s/c(=C\c3ccc(OCc4cccc(C(=O)O)c4)cc3)c(=O)n2[C@@H]1c1ccc(SC)cc1. The molecule has 0 spiro atoms. The Morgan fingerprint density at radius 2 is 1.72 bits per heavy atom. The van der Waals surface area contributed by atoms with Crippen LogP contribution in [0.15, 0.2) is 123 Å². The van der Waals surface area contributed by atoms with Crippen LogP contribution in [0.2, 0.25) is 0 Å². The van der Waals surface area contributed by atoms with Gasteiger partial charge in [-0.1, -0.05) is 78.1 Å². The zero-order chi connectivity index (χ0) is 32.9. The fourth-order valence-electron chi connectivity index (χ4n) is 5.31. The molecule has 47 heavy (non-hydrogen) atoms. The standard InChI is InChI=1S/C37H30N2O6S2/c1-3-44-36(43)31-32(25-9-5-4-6-10-25)38-37-39(33(31)26-14-18-29(46-2)19-15-26)34(40)30(47-37)21-23-12-16-28(17-13-23)45-22-24-8-7-11-27(20-24)35(41)42/h4-21,33H,3,22H2,1-2H3,(H,41,42)/b30-21-/t33-/m1/s1. The van der Waals surface area contributed by atoms with Gasteiger partial charge in [0.1, 0.15) is 12.4 Å². The van der Waals surface area contributed by atoms with Gasteiger partial charge in [-0.15, -0.1) is 11.8 Å². The van der Waals surface area contributed by atoms with Crippen molar-refractivity contribution in [1.29, 1.82) is 0 Å². The summed E-state index contributed by atoms with van der Waals surface area (Å²) in [6, 6.07) is 30.5. The van der Waals surface area contributed by atoms with Crippen molar-refractivity contribution in [2.24, 2.45) is 4.99 Å². The number of carboxylic acid groups (broad SMARTS) is 1. The van der Waals surface area contributed by atoms with Crippen LogP contribution < -0.4 is 19.6 Å². The Bertz CT molecular complexity index is 2150. The molecular weight excluding hydrogens is 633 g/mol. The smallest absolute Gasteiger partial charge is 0.338 e. The number of ether oxygens (including phenoxy) is 2. The molecule has 5 aromatic rings. The van der Waals surface area contributed by atoms with Gasteiger partial charge in [0, 0.05) is 10.5 Å². The fourth-order valence-corrected chi connectivity index (χ4v) is 6.72. The van der Waals surface area contributed by atoms with Crippen LogP contribution in [0.4, 0.5) is 0 Å². The molecule has 0 saturated heterocycles. The molecule has 1 N–H and O–H groups in total. The van der Waals surface area contributed by atoms with Crippen LogP contribution in [0, 0.1) is 0 Å². The number of rotatable bonds is 10. The molecule has 0 saturated carbocycles. The van der Waals surface area contributed by atoms with E-state index < -0.39 is 18.0 Å². The number of aromatic carboxylic acids is 1. The van der Waals surface area contributed by atoms with Crippen molar-refractivity contribution in [3.8, 4) is 5.75 Å². The summed E-state index contributed by atoms with van der Waals surface area (Å²) in [7, 11) is 0. The summed E-state index contributed by atoms with van der Waals surface area (Å²) in [5.74, 6) is -0.909. The third-order valence-electron chi connectivity index (χ3n) is 7.56. The van der Waals surface area contributed by atoms with Crippen molar-refractivity contribution in [3.63, 3.8) is 0 Å². The number of thiazole rings is 1. The van der Waals surface area contributed by atoms with Crippen molar-refractivity contribution in [3.05, 3.63) is 156 Å². The molecule has 1 aliphatic heterocycles. The summed E-state index contributed by atoms with van der Waals surface area (Å²) < 4.78 is 13.5. The molecule has 0 bridgehead atoms. The van der Waals surface area contributed by atoms with Gasteiger partial charge in [-0.3, -0.25) is 9.36 Å². The van der Waals surface area contributed by atoms with Crippen LogP contribution in [0.5, 0.6) is 5.75 Å². The van der Waals surface area contributed by atoms with E-state index in [2.05, 4.69) is 0 Å². The predicted octanol–water partition coefficient (Wildman–Crippen LogP) is 5.93. The van der Waals surface area contributed by atoms with Gasteiger partial charge < -0.3 is 14.6 Å². The van der Waals surface area contributed by atoms with Crippen LogP contribution in [-0.4, -0.2) is 34.5 Å². The van der Waals surface area contributed by atoms with Gasteiger partial charge in [0.25, 0.3) is 5.56 Å². The highest BCUT2D eigenvalue weighted by Gasteiger charge is 2.35. The lowest BCUT2D eigenvalue weighted by Crippen LogP contribution is -2.40. The largest absolute Gasteiger partial charge is 0.489 e. The van der Waals surface area contributed by atoms with Gasteiger partial charge in [-0.2, -0.15) is 0 Å². The van der Waals surface area contributed by atoms with Gasteiger partial charge in [-0.25, -0.2) is 14.6 Å². The molecule has 4 aromatic carbocycles. The third-order valence-corrected chi connectivity index (χ3v) is 9.29. The quantitative estimate of drug-likeness (QED) is 0.146. The second-order valence-electron chi connectivity index (χ2n) is 10.6. The number of nitrogens with zero attached hydrogens (tertiary/aromatic N) is 2. The molecule has 236 valence electrons. The average molecular weight is 663 g/mol. The summed E-state index contributed by atoms with van der Waals surface area (Å²) in [6.45, 7) is 2.15. The van der Waals surface area contributed by atoms with E-state index in [1.165, 1.54) is 17.4 Å². The lowest BCUT2D eigenvalue weighted by Gasteiger charge is -2.26. The van der Waals surface area contributed by atoms with Gasteiger partial charge >= 0.3 is 11.9 Å². The minimum Gasteiger partial charge on any atom is -0.489 e. The average Bonchev–Trinajstić information content (AvgIpc) is 3.41. The Morgan fingerprint density at radius 1 is 0.979 bits per heavy atom. The zero-order valence-electron chi connectivity index (χ0n) is 25.6. The summed E-state index contributed by atoms with van der Waals surface area (Å²) in [6.07, 6.45) is 3.79. The zero-order valence-corrected chi connectivity index (χ0v) is 27.2. The highest BCUT2D eigenvalue weighted by Crippen LogP contribution is 2.35. The predicted molar refractivity (Wildman–Crippen MR) is 183 cm³/mol. The number of aromatic nitrogens is 1. The summed E-state index contributed by atoms with van der Waals surface area (Å²) in [4.78, 5) is 45.5. The number of hydrogen-bond acceptors (Lipinski definition) is 8. The molecule has 1 aromatic heterocycles. The minimum atomic E-state index is -0.991. The molecule has 0 radical (unpaired) electrons. The first-order chi connectivity index (χ1) is 22.9. The van der Waals surface area contributed by atoms with Gasteiger partial charge in [0.05, 0.1) is 34.0 Å². The van der Waals surface area contributed by atoms with E-state index in [9.17, 15) is 19.5 Å². The summed E-state index contributed by atoms with van der Waals surface area (Å²) >= 11 is 2.87. The van der Waals surface area contributed by atoms with Gasteiger partial charge in [0.15, 0.2) is 4.80 Å². The summed E-state index contributed by atoms with van der Waals surface area (Å²) in [5.41, 5.74) is 3.78. The van der Waals surface area contributed by atoms with Crippen molar-refractivity contribution in [2.75, 3.05) is 12.9 Å². The van der Waals surface area contributed by atoms with Crippen molar-refractivity contribution in [2.45, 2.75) is 24.5 Å². The molecule has 2 heterocycles. The number of carbonyl (C=O) groups is 2. The highest BCUT2D eigenvalue weighted by molar-refractivity contribution is 7.98. The maximum Gasteiger partial charge on any atom is 0.338 e. The molecule has 1 aliphatic rings. The normalized spacial score (nSPS) is 14.3. The molecule has 0 aliphatic carbocycles. The van der Waals surface area contributed by atoms with Crippen LogP contribution >= 0.6 is 23.1 Å². The molecular formula is C37H30N2O6S2. The second-order valence-corrected chi connectivity index (χ2v) is 12.5. The molecule has 6 rings (SSSR count). The lowest BCUT2D eigenvalue weighted by atomic mass is 9.93.